The van der Waals surface area contributed by atoms with Gasteiger partial charge >= 0.3 is 0 Å². The molecule has 1 aromatic carbocycles. The zero-order chi connectivity index (χ0) is 16.1. The summed E-state index contributed by atoms with van der Waals surface area (Å²) < 4.78 is 0. The van der Waals surface area contributed by atoms with E-state index in [1.165, 1.54) is 12.8 Å². The number of rotatable bonds is 6. The van der Waals surface area contributed by atoms with Crippen LogP contribution in [0, 0.1) is 5.92 Å². The minimum absolute atomic E-state index is 0.124. The van der Waals surface area contributed by atoms with E-state index in [2.05, 4.69) is 5.32 Å². The maximum absolute atomic E-state index is 12.1. The normalized spacial score (nSPS) is 16.5. The van der Waals surface area contributed by atoms with Gasteiger partial charge < -0.3 is 11.1 Å². The second-order valence-corrected chi connectivity index (χ2v) is 6.66. The molecule has 1 aliphatic carbocycles. The van der Waals surface area contributed by atoms with Crippen LogP contribution in [0.25, 0.3) is 0 Å². The van der Waals surface area contributed by atoms with Gasteiger partial charge in [0, 0.05) is 22.9 Å². The van der Waals surface area contributed by atoms with Crippen molar-refractivity contribution in [2.75, 3.05) is 0 Å². The van der Waals surface area contributed by atoms with Crippen LogP contribution in [-0.4, -0.2) is 17.9 Å². The molecule has 0 aromatic heterocycles. The number of nitrogens with two attached hydrogens (primary N) is 1. The lowest BCUT2D eigenvalue weighted by Crippen LogP contribution is -2.46. The van der Waals surface area contributed by atoms with Gasteiger partial charge in [-0.2, -0.15) is 0 Å². The summed E-state index contributed by atoms with van der Waals surface area (Å²) in [5.74, 6) is -0.265. The van der Waals surface area contributed by atoms with Gasteiger partial charge in [0.05, 0.1) is 0 Å². The van der Waals surface area contributed by atoms with Gasteiger partial charge in [-0.1, -0.05) is 42.1 Å². The lowest BCUT2D eigenvalue weighted by atomic mass is 10.0. The van der Waals surface area contributed by atoms with Crippen molar-refractivity contribution in [3.05, 3.63) is 33.8 Å². The molecule has 0 aliphatic heterocycles. The van der Waals surface area contributed by atoms with E-state index in [0.29, 0.717) is 22.4 Å². The molecule has 0 bridgehead atoms. The third-order valence-corrected chi connectivity index (χ3v) is 4.65. The minimum Gasteiger partial charge on any atom is -0.368 e. The molecule has 0 spiro atoms. The van der Waals surface area contributed by atoms with Crippen LogP contribution in [-0.2, 0) is 16.0 Å². The first-order valence-corrected chi connectivity index (χ1v) is 8.24. The van der Waals surface area contributed by atoms with Crippen molar-refractivity contribution >= 4 is 35.0 Å². The van der Waals surface area contributed by atoms with Crippen LogP contribution < -0.4 is 11.1 Å². The molecule has 1 fully saturated rings. The molecule has 3 N–H and O–H groups in total. The maximum Gasteiger partial charge on any atom is 0.240 e. The number of carbonyl (C=O) groups is 2. The minimum atomic E-state index is -0.757. The van der Waals surface area contributed by atoms with Gasteiger partial charge in [-0.25, -0.2) is 0 Å². The fraction of sp³-hybridized carbons (Fsp3) is 0.500. The van der Waals surface area contributed by atoms with Crippen molar-refractivity contribution in [3.63, 3.8) is 0 Å². The Morgan fingerprint density at radius 3 is 2.55 bits per heavy atom. The largest absolute Gasteiger partial charge is 0.368 e. The molecular weight excluding hydrogens is 323 g/mol. The van der Waals surface area contributed by atoms with Crippen LogP contribution in [0.4, 0.5) is 0 Å². The van der Waals surface area contributed by atoms with Crippen LogP contribution in [0.1, 0.15) is 37.7 Å². The standard InChI is InChI=1S/C16H20Cl2N2O2/c17-12-6-5-11(13(18)9-12)8-14(16(19)22)20-15(21)7-10-3-1-2-4-10/h5-6,9-10,14H,1-4,7-8H2,(H2,19,22)(H,20,21)/t14-/m0/s1. The highest BCUT2D eigenvalue weighted by atomic mass is 35.5. The Morgan fingerprint density at radius 2 is 1.95 bits per heavy atom. The number of halogens is 2. The van der Waals surface area contributed by atoms with E-state index in [1.54, 1.807) is 18.2 Å². The second kappa shape index (κ2) is 7.84. The summed E-state index contributed by atoms with van der Waals surface area (Å²) >= 11 is 12.0. The third-order valence-electron chi connectivity index (χ3n) is 4.07. The second-order valence-electron chi connectivity index (χ2n) is 5.82. The monoisotopic (exact) mass is 342 g/mol. The maximum atomic E-state index is 12.1. The Labute approximate surface area is 140 Å². The molecule has 0 saturated heterocycles. The molecular formula is C16H20Cl2N2O2. The zero-order valence-corrected chi connectivity index (χ0v) is 13.8. The van der Waals surface area contributed by atoms with E-state index >= 15 is 0 Å². The van der Waals surface area contributed by atoms with Gasteiger partial charge in [0.25, 0.3) is 0 Å². The molecule has 4 nitrogen and oxygen atoms in total. The Hall–Kier alpha value is -1.26. The first-order chi connectivity index (χ1) is 10.5. The molecule has 1 atom stereocenters. The SMILES string of the molecule is NC(=O)[C@H](Cc1ccc(Cl)cc1Cl)NC(=O)CC1CCCC1. The predicted octanol–water partition coefficient (Wildman–Crippen LogP) is 3.09. The average Bonchev–Trinajstić information content (AvgIpc) is 2.93. The molecule has 1 aliphatic rings. The number of benzene rings is 1. The number of hydrogen-bond donors (Lipinski definition) is 2. The van der Waals surface area contributed by atoms with Gasteiger partial charge in [-0.3, -0.25) is 9.59 Å². The van der Waals surface area contributed by atoms with Crippen molar-refractivity contribution in [2.45, 2.75) is 44.6 Å². The van der Waals surface area contributed by atoms with E-state index < -0.39 is 11.9 Å². The summed E-state index contributed by atoms with van der Waals surface area (Å²) in [5, 5.41) is 3.71. The smallest absolute Gasteiger partial charge is 0.240 e. The van der Waals surface area contributed by atoms with E-state index in [4.69, 9.17) is 28.9 Å². The molecule has 2 rings (SSSR count). The van der Waals surface area contributed by atoms with Gasteiger partial charge in [0.15, 0.2) is 0 Å². The molecule has 22 heavy (non-hydrogen) atoms. The Bertz CT molecular complexity index is 557. The molecule has 6 heteroatoms. The number of hydrogen-bond acceptors (Lipinski definition) is 2. The fourth-order valence-corrected chi connectivity index (χ4v) is 3.35. The zero-order valence-electron chi connectivity index (χ0n) is 12.3. The Balaban J connectivity index is 1.97. The Morgan fingerprint density at radius 1 is 1.27 bits per heavy atom. The molecule has 120 valence electrons. The molecule has 0 radical (unpaired) electrons. The highest BCUT2D eigenvalue weighted by molar-refractivity contribution is 6.35. The summed E-state index contributed by atoms with van der Waals surface area (Å²) in [6.45, 7) is 0. The summed E-state index contributed by atoms with van der Waals surface area (Å²) in [6.07, 6.45) is 5.24. The molecule has 0 unspecified atom stereocenters. The van der Waals surface area contributed by atoms with E-state index in [1.807, 2.05) is 0 Å². The van der Waals surface area contributed by atoms with Crippen LogP contribution >= 0.6 is 23.2 Å². The van der Waals surface area contributed by atoms with Crippen molar-refractivity contribution < 1.29 is 9.59 Å². The van der Waals surface area contributed by atoms with Gasteiger partial charge in [0.1, 0.15) is 6.04 Å². The van der Waals surface area contributed by atoms with Crippen LogP contribution in [0.5, 0.6) is 0 Å². The number of amides is 2. The number of nitrogens with one attached hydrogen (secondary N) is 1. The number of primary amides is 1. The Kier molecular flexibility index (Phi) is 6.09. The van der Waals surface area contributed by atoms with E-state index in [9.17, 15) is 9.59 Å². The third kappa shape index (κ3) is 4.89. The topological polar surface area (TPSA) is 72.2 Å². The molecule has 1 aromatic rings. The quantitative estimate of drug-likeness (QED) is 0.833. The first kappa shape index (κ1) is 17.1. The average molecular weight is 343 g/mol. The summed E-state index contributed by atoms with van der Waals surface area (Å²) in [5.41, 5.74) is 6.13. The van der Waals surface area contributed by atoms with Gasteiger partial charge in [-0.15, -0.1) is 0 Å². The van der Waals surface area contributed by atoms with Crippen LogP contribution in [0.3, 0.4) is 0 Å². The first-order valence-electron chi connectivity index (χ1n) is 7.48. The van der Waals surface area contributed by atoms with Crippen molar-refractivity contribution in [1.29, 1.82) is 0 Å². The summed E-state index contributed by atoms with van der Waals surface area (Å²) in [4.78, 5) is 23.7. The summed E-state index contributed by atoms with van der Waals surface area (Å²) in [6, 6.07) is 4.29. The van der Waals surface area contributed by atoms with Crippen molar-refractivity contribution in [1.82, 2.24) is 5.32 Å². The van der Waals surface area contributed by atoms with E-state index in [-0.39, 0.29) is 12.3 Å². The van der Waals surface area contributed by atoms with E-state index in [0.717, 1.165) is 18.4 Å². The number of carbonyl (C=O) groups excluding carboxylic acids is 2. The summed E-state index contributed by atoms with van der Waals surface area (Å²) in [7, 11) is 0. The van der Waals surface area contributed by atoms with Crippen molar-refractivity contribution in [3.8, 4) is 0 Å². The molecule has 2 amide bonds. The predicted molar refractivity (Wildman–Crippen MR) is 87.9 cm³/mol. The lowest BCUT2D eigenvalue weighted by molar-refractivity contribution is -0.127. The van der Waals surface area contributed by atoms with Crippen LogP contribution in [0.15, 0.2) is 18.2 Å². The highest BCUT2D eigenvalue weighted by Crippen LogP contribution is 2.27. The highest BCUT2D eigenvalue weighted by Gasteiger charge is 2.23. The van der Waals surface area contributed by atoms with Crippen molar-refractivity contribution in [2.24, 2.45) is 11.7 Å². The molecule has 1 saturated carbocycles. The van der Waals surface area contributed by atoms with Gasteiger partial charge in [-0.05, 0) is 36.5 Å². The lowest BCUT2D eigenvalue weighted by Gasteiger charge is -2.18. The molecule has 0 heterocycles. The fourth-order valence-electron chi connectivity index (χ4n) is 2.86. The van der Waals surface area contributed by atoms with Gasteiger partial charge in [0.2, 0.25) is 11.8 Å². The van der Waals surface area contributed by atoms with Crippen LogP contribution in [0.2, 0.25) is 10.0 Å².